The van der Waals surface area contributed by atoms with Crippen LogP contribution in [0, 0.1) is 17.8 Å². The van der Waals surface area contributed by atoms with Crippen LogP contribution in [-0.4, -0.2) is 49.9 Å². The summed E-state index contributed by atoms with van der Waals surface area (Å²) in [5.74, 6) is 2.53. The molecule has 2 aliphatic rings. The second-order valence-corrected chi connectivity index (χ2v) is 5.49. The van der Waals surface area contributed by atoms with E-state index in [-0.39, 0.29) is 0 Å². The first-order valence-corrected chi connectivity index (χ1v) is 5.97. The van der Waals surface area contributed by atoms with E-state index in [1.807, 2.05) is 26.0 Å². The highest BCUT2D eigenvalue weighted by atomic mass is 16.2. The van der Waals surface area contributed by atoms with E-state index in [9.17, 15) is 4.79 Å². The molecule has 2 aliphatic carbocycles. The monoisotopic (exact) mass is 210 g/mol. The first-order chi connectivity index (χ1) is 7.08. The Kier molecular flexibility index (Phi) is 3.01. The zero-order valence-corrected chi connectivity index (χ0v) is 10.1. The van der Waals surface area contributed by atoms with Crippen LogP contribution in [-0.2, 0) is 4.79 Å². The molecule has 2 atom stereocenters. The second-order valence-electron chi connectivity index (χ2n) is 5.49. The predicted octanol–water partition coefficient (Wildman–Crippen LogP) is 1.05. The van der Waals surface area contributed by atoms with Crippen LogP contribution in [0.2, 0.25) is 0 Å². The van der Waals surface area contributed by atoms with E-state index >= 15 is 0 Å². The molecular formula is C12H22N2O. The summed E-state index contributed by atoms with van der Waals surface area (Å²) in [6.45, 7) is 1.82. The molecule has 2 saturated carbocycles. The van der Waals surface area contributed by atoms with Crippen LogP contribution in [0.1, 0.15) is 19.3 Å². The van der Waals surface area contributed by atoms with Gasteiger partial charge in [-0.3, -0.25) is 4.79 Å². The van der Waals surface area contributed by atoms with Crippen molar-refractivity contribution in [2.24, 2.45) is 17.8 Å². The zero-order chi connectivity index (χ0) is 11.0. The Morgan fingerprint density at radius 1 is 1.07 bits per heavy atom. The van der Waals surface area contributed by atoms with Crippen LogP contribution >= 0.6 is 0 Å². The SMILES string of the molecule is CN(C)CCN(C)C(=O)C1CC2CC2C1. The molecule has 0 heterocycles. The Balaban J connectivity index is 1.74. The summed E-state index contributed by atoms with van der Waals surface area (Å²) >= 11 is 0. The minimum atomic E-state index is 0.348. The molecule has 0 aliphatic heterocycles. The largest absolute Gasteiger partial charge is 0.344 e. The fraction of sp³-hybridized carbons (Fsp3) is 0.917. The van der Waals surface area contributed by atoms with Gasteiger partial charge >= 0.3 is 0 Å². The topological polar surface area (TPSA) is 23.6 Å². The van der Waals surface area contributed by atoms with E-state index in [0.717, 1.165) is 37.8 Å². The molecule has 0 saturated heterocycles. The maximum absolute atomic E-state index is 12.0. The number of likely N-dealkylation sites (N-methyl/N-ethyl adjacent to an activating group) is 2. The molecule has 0 spiro atoms. The van der Waals surface area contributed by atoms with Crippen molar-refractivity contribution in [2.45, 2.75) is 19.3 Å². The van der Waals surface area contributed by atoms with E-state index in [4.69, 9.17) is 0 Å². The summed E-state index contributed by atoms with van der Waals surface area (Å²) in [5, 5.41) is 0. The molecule has 15 heavy (non-hydrogen) atoms. The van der Waals surface area contributed by atoms with Gasteiger partial charge in [0.15, 0.2) is 0 Å². The lowest BCUT2D eigenvalue weighted by molar-refractivity contribution is -0.134. The normalized spacial score (nSPS) is 32.9. The molecule has 0 aromatic rings. The number of fused-ring (bicyclic) bond motifs is 1. The van der Waals surface area contributed by atoms with Crippen LogP contribution in [0.4, 0.5) is 0 Å². The van der Waals surface area contributed by atoms with Crippen molar-refractivity contribution in [3.05, 3.63) is 0 Å². The maximum atomic E-state index is 12.0. The smallest absolute Gasteiger partial charge is 0.225 e. The van der Waals surface area contributed by atoms with Gasteiger partial charge in [-0.05, 0) is 45.2 Å². The maximum Gasteiger partial charge on any atom is 0.225 e. The molecule has 3 nitrogen and oxygen atoms in total. The van der Waals surface area contributed by atoms with Crippen molar-refractivity contribution in [2.75, 3.05) is 34.2 Å². The number of carbonyl (C=O) groups is 1. The Morgan fingerprint density at radius 3 is 2.20 bits per heavy atom. The fourth-order valence-electron chi connectivity index (χ4n) is 2.69. The molecule has 0 aromatic heterocycles. The number of hydrogen-bond acceptors (Lipinski definition) is 2. The van der Waals surface area contributed by atoms with Crippen LogP contribution < -0.4 is 0 Å². The van der Waals surface area contributed by atoms with Crippen LogP contribution in [0.25, 0.3) is 0 Å². The predicted molar refractivity (Wildman–Crippen MR) is 60.5 cm³/mol. The highest BCUT2D eigenvalue weighted by Gasteiger charge is 2.48. The van der Waals surface area contributed by atoms with Gasteiger partial charge in [0.05, 0.1) is 0 Å². The van der Waals surface area contributed by atoms with Crippen molar-refractivity contribution in [1.29, 1.82) is 0 Å². The average molecular weight is 210 g/mol. The molecule has 2 unspecified atom stereocenters. The summed E-state index contributed by atoms with van der Waals surface area (Å²) in [5.41, 5.74) is 0. The fourth-order valence-corrected chi connectivity index (χ4v) is 2.69. The minimum absolute atomic E-state index is 0.348. The lowest BCUT2D eigenvalue weighted by atomic mass is 10.0. The lowest BCUT2D eigenvalue weighted by Crippen LogP contribution is -2.37. The third-order valence-corrected chi connectivity index (χ3v) is 3.85. The van der Waals surface area contributed by atoms with E-state index in [1.165, 1.54) is 6.42 Å². The Morgan fingerprint density at radius 2 is 1.67 bits per heavy atom. The molecule has 2 rings (SSSR count). The van der Waals surface area contributed by atoms with Gasteiger partial charge in [-0.1, -0.05) is 0 Å². The van der Waals surface area contributed by atoms with E-state index in [1.54, 1.807) is 0 Å². The number of rotatable bonds is 4. The molecule has 2 fully saturated rings. The molecule has 0 aromatic carbocycles. The molecule has 0 radical (unpaired) electrons. The van der Waals surface area contributed by atoms with Crippen molar-refractivity contribution in [3.63, 3.8) is 0 Å². The van der Waals surface area contributed by atoms with Gasteiger partial charge in [0.2, 0.25) is 5.91 Å². The minimum Gasteiger partial charge on any atom is -0.344 e. The van der Waals surface area contributed by atoms with Gasteiger partial charge in [-0.15, -0.1) is 0 Å². The second kappa shape index (κ2) is 4.12. The highest BCUT2D eigenvalue weighted by Crippen LogP contribution is 2.54. The van der Waals surface area contributed by atoms with Gasteiger partial charge in [0.25, 0.3) is 0 Å². The van der Waals surface area contributed by atoms with Gasteiger partial charge in [-0.25, -0.2) is 0 Å². The zero-order valence-electron chi connectivity index (χ0n) is 10.1. The van der Waals surface area contributed by atoms with E-state index < -0.39 is 0 Å². The Hall–Kier alpha value is -0.570. The van der Waals surface area contributed by atoms with Crippen molar-refractivity contribution in [3.8, 4) is 0 Å². The first-order valence-electron chi connectivity index (χ1n) is 5.97. The van der Waals surface area contributed by atoms with Gasteiger partial charge in [-0.2, -0.15) is 0 Å². The van der Waals surface area contributed by atoms with Crippen LogP contribution in [0.3, 0.4) is 0 Å². The van der Waals surface area contributed by atoms with Crippen LogP contribution in [0.5, 0.6) is 0 Å². The van der Waals surface area contributed by atoms with E-state index in [2.05, 4.69) is 4.90 Å². The Labute approximate surface area is 92.4 Å². The number of amides is 1. The summed E-state index contributed by atoms with van der Waals surface area (Å²) in [7, 11) is 6.03. The molecule has 3 heteroatoms. The molecular weight excluding hydrogens is 188 g/mol. The number of hydrogen-bond donors (Lipinski definition) is 0. The molecule has 1 amide bonds. The summed E-state index contributed by atoms with van der Waals surface area (Å²) < 4.78 is 0. The van der Waals surface area contributed by atoms with Crippen molar-refractivity contribution in [1.82, 2.24) is 9.80 Å². The average Bonchev–Trinajstić information content (AvgIpc) is 2.81. The third kappa shape index (κ3) is 2.51. The lowest BCUT2D eigenvalue weighted by Gasteiger charge is -2.23. The third-order valence-electron chi connectivity index (χ3n) is 3.85. The quantitative estimate of drug-likeness (QED) is 0.692. The molecule has 0 bridgehead atoms. The number of nitrogens with zero attached hydrogens (tertiary/aromatic N) is 2. The van der Waals surface area contributed by atoms with Gasteiger partial charge in [0.1, 0.15) is 0 Å². The summed E-state index contributed by atoms with van der Waals surface area (Å²) in [6, 6.07) is 0. The van der Waals surface area contributed by atoms with Gasteiger partial charge < -0.3 is 9.80 Å². The number of carbonyl (C=O) groups excluding carboxylic acids is 1. The molecule has 0 N–H and O–H groups in total. The van der Waals surface area contributed by atoms with E-state index in [0.29, 0.717) is 11.8 Å². The molecule has 86 valence electrons. The standard InChI is InChI=1S/C12H22N2O/c1-13(2)4-5-14(3)12(15)11-7-9-6-10(9)8-11/h9-11H,4-8H2,1-3H3. The van der Waals surface area contributed by atoms with Crippen LogP contribution in [0.15, 0.2) is 0 Å². The van der Waals surface area contributed by atoms with Gasteiger partial charge in [0, 0.05) is 26.1 Å². The Bertz CT molecular complexity index is 242. The van der Waals surface area contributed by atoms with Crippen molar-refractivity contribution >= 4 is 5.91 Å². The first kappa shape index (κ1) is 10.9. The summed E-state index contributed by atoms with van der Waals surface area (Å²) in [6.07, 6.45) is 3.72. The van der Waals surface area contributed by atoms with Crippen molar-refractivity contribution < 1.29 is 4.79 Å². The summed E-state index contributed by atoms with van der Waals surface area (Å²) in [4.78, 5) is 16.1. The highest BCUT2D eigenvalue weighted by molar-refractivity contribution is 5.79.